The average Bonchev–Trinajstić information content (AvgIpc) is 2.13. The van der Waals surface area contributed by atoms with Crippen molar-refractivity contribution in [2.75, 3.05) is 5.32 Å². The van der Waals surface area contributed by atoms with E-state index in [1.807, 2.05) is 0 Å². The van der Waals surface area contributed by atoms with Crippen LogP contribution in [0.25, 0.3) is 0 Å². The van der Waals surface area contributed by atoms with Crippen LogP contribution < -0.4 is 5.32 Å². The van der Waals surface area contributed by atoms with E-state index in [9.17, 15) is 8.42 Å². The zero-order chi connectivity index (χ0) is 9.47. The lowest BCUT2D eigenvalue weighted by Crippen LogP contribution is -2.10. The Labute approximate surface area is 80.9 Å². The van der Waals surface area contributed by atoms with Crippen molar-refractivity contribution >= 4 is 27.1 Å². The van der Waals surface area contributed by atoms with Gasteiger partial charge in [0.2, 0.25) is 9.84 Å². The predicted molar refractivity (Wildman–Crippen MR) is 51.2 cm³/mol. The molecule has 0 aliphatic carbocycles. The van der Waals surface area contributed by atoms with Gasteiger partial charge in [0.15, 0.2) is 4.36 Å². The maximum atomic E-state index is 11.6. The standard InChI is InChI=1S/C8H6ClNO2S/c9-8-5-10-6-3-1-2-4-7(6)13(8,11)12/h1-5,10H. The number of sulfone groups is 1. The number of anilines is 1. The lowest BCUT2D eigenvalue weighted by atomic mass is 10.3. The highest BCUT2D eigenvalue weighted by atomic mass is 35.5. The van der Waals surface area contributed by atoms with Crippen LogP contribution in [-0.2, 0) is 9.84 Å². The second kappa shape index (κ2) is 2.75. The van der Waals surface area contributed by atoms with Crippen LogP contribution in [0, 0.1) is 0 Å². The Morgan fingerprint density at radius 1 is 1.23 bits per heavy atom. The van der Waals surface area contributed by atoms with Crippen molar-refractivity contribution in [2.45, 2.75) is 4.90 Å². The molecule has 0 radical (unpaired) electrons. The van der Waals surface area contributed by atoms with Crippen LogP contribution in [0.5, 0.6) is 0 Å². The first kappa shape index (κ1) is 8.59. The van der Waals surface area contributed by atoms with Crippen molar-refractivity contribution in [3.8, 4) is 0 Å². The third-order valence-electron chi connectivity index (χ3n) is 1.77. The molecule has 68 valence electrons. The van der Waals surface area contributed by atoms with Gasteiger partial charge in [-0.1, -0.05) is 23.7 Å². The largest absolute Gasteiger partial charge is 0.359 e. The Kier molecular flexibility index (Phi) is 1.82. The van der Waals surface area contributed by atoms with Gasteiger partial charge in [-0.05, 0) is 12.1 Å². The predicted octanol–water partition coefficient (Wildman–Crippen LogP) is 1.92. The molecule has 1 aromatic rings. The van der Waals surface area contributed by atoms with Crippen molar-refractivity contribution in [3.05, 3.63) is 34.8 Å². The average molecular weight is 216 g/mol. The number of hydrogen-bond donors (Lipinski definition) is 1. The van der Waals surface area contributed by atoms with E-state index in [1.165, 1.54) is 12.3 Å². The van der Waals surface area contributed by atoms with E-state index < -0.39 is 9.84 Å². The molecule has 1 aliphatic heterocycles. The Balaban J connectivity index is 2.75. The van der Waals surface area contributed by atoms with Crippen LogP contribution >= 0.6 is 11.6 Å². The molecule has 0 spiro atoms. The molecule has 0 aromatic heterocycles. The highest BCUT2D eigenvalue weighted by molar-refractivity contribution is 7.97. The summed E-state index contributed by atoms with van der Waals surface area (Å²) < 4.78 is 23.0. The Hall–Kier alpha value is -1.00. The van der Waals surface area contributed by atoms with Gasteiger partial charge < -0.3 is 5.32 Å². The summed E-state index contributed by atoms with van der Waals surface area (Å²) in [4.78, 5) is 0.225. The van der Waals surface area contributed by atoms with Gasteiger partial charge in [-0.15, -0.1) is 0 Å². The van der Waals surface area contributed by atoms with Gasteiger partial charge in [0.1, 0.15) is 0 Å². The van der Waals surface area contributed by atoms with E-state index >= 15 is 0 Å². The van der Waals surface area contributed by atoms with Crippen molar-refractivity contribution in [1.29, 1.82) is 0 Å². The fourth-order valence-electron chi connectivity index (χ4n) is 1.14. The first-order valence-electron chi connectivity index (χ1n) is 3.59. The first-order valence-corrected chi connectivity index (χ1v) is 5.45. The molecule has 2 rings (SSSR count). The van der Waals surface area contributed by atoms with Gasteiger partial charge in [-0.25, -0.2) is 8.42 Å². The van der Waals surface area contributed by atoms with Gasteiger partial charge in [-0.2, -0.15) is 0 Å². The summed E-state index contributed by atoms with van der Waals surface area (Å²) in [5.41, 5.74) is 0.562. The number of benzene rings is 1. The summed E-state index contributed by atoms with van der Waals surface area (Å²) in [5, 5.41) is 2.79. The molecule has 13 heavy (non-hydrogen) atoms. The molecule has 0 atom stereocenters. The molecule has 1 heterocycles. The highest BCUT2D eigenvalue weighted by Crippen LogP contribution is 2.32. The summed E-state index contributed by atoms with van der Waals surface area (Å²) in [7, 11) is -3.46. The van der Waals surface area contributed by atoms with Crippen LogP contribution in [0.3, 0.4) is 0 Å². The van der Waals surface area contributed by atoms with E-state index in [2.05, 4.69) is 5.32 Å². The number of halogens is 1. The number of nitrogens with one attached hydrogen (secondary N) is 1. The van der Waals surface area contributed by atoms with Crippen molar-refractivity contribution in [1.82, 2.24) is 0 Å². The molecule has 5 heteroatoms. The Morgan fingerprint density at radius 2 is 1.92 bits per heavy atom. The zero-order valence-electron chi connectivity index (χ0n) is 6.49. The van der Waals surface area contributed by atoms with Gasteiger partial charge in [0.25, 0.3) is 0 Å². The Morgan fingerprint density at radius 3 is 2.69 bits per heavy atom. The van der Waals surface area contributed by atoms with Crippen molar-refractivity contribution in [3.63, 3.8) is 0 Å². The zero-order valence-corrected chi connectivity index (χ0v) is 8.06. The highest BCUT2D eigenvalue weighted by Gasteiger charge is 2.25. The van der Waals surface area contributed by atoms with E-state index in [4.69, 9.17) is 11.6 Å². The molecule has 0 saturated heterocycles. The van der Waals surface area contributed by atoms with E-state index in [0.717, 1.165) is 0 Å². The maximum absolute atomic E-state index is 11.6. The third kappa shape index (κ3) is 1.22. The van der Waals surface area contributed by atoms with Crippen LogP contribution in [-0.4, -0.2) is 8.42 Å². The Bertz CT molecular complexity index is 479. The SMILES string of the molecule is O=S1(=O)C(Cl)=CNc2ccccc21. The molecule has 1 N–H and O–H groups in total. The summed E-state index contributed by atoms with van der Waals surface area (Å²) in [5.74, 6) is 0. The normalized spacial score (nSPS) is 18.4. The van der Waals surface area contributed by atoms with E-state index in [0.29, 0.717) is 5.69 Å². The minimum absolute atomic E-state index is 0.175. The third-order valence-corrected chi connectivity index (χ3v) is 4.06. The van der Waals surface area contributed by atoms with Gasteiger partial charge >= 0.3 is 0 Å². The van der Waals surface area contributed by atoms with E-state index in [1.54, 1.807) is 18.2 Å². The minimum atomic E-state index is -3.46. The van der Waals surface area contributed by atoms with Crippen LogP contribution in [0.4, 0.5) is 5.69 Å². The van der Waals surface area contributed by atoms with Crippen LogP contribution in [0.1, 0.15) is 0 Å². The molecule has 3 nitrogen and oxygen atoms in total. The molecule has 0 unspecified atom stereocenters. The summed E-state index contributed by atoms with van der Waals surface area (Å²) >= 11 is 5.55. The number of para-hydroxylation sites is 1. The number of rotatable bonds is 0. The molecule has 1 aliphatic rings. The van der Waals surface area contributed by atoms with Gasteiger partial charge in [-0.3, -0.25) is 0 Å². The summed E-state index contributed by atoms with van der Waals surface area (Å²) in [6.45, 7) is 0. The van der Waals surface area contributed by atoms with Gasteiger partial charge in [0, 0.05) is 6.20 Å². The summed E-state index contributed by atoms with van der Waals surface area (Å²) in [6.07, 6.45) is 1.28. The molecule has 0 fully saturated rings. The van der Waals surface area contributed by atoms with E-state index in [-0.39, 0.29) is 9.26 Å². The second-order valence-electron chi connectivity index (χ2n) is 2.59. The molecular weight excluding hydrogens is 210 g/mol. The number of hydrogen-bond acceptors (Lipinski definition) is 3. The number of fused-ring (bicyclic) bond motifs is 1. The smallest absolute Gasteiger partial charge is 0.220 e. The molecule has 0 bridgehead atoms. The molecule has 0 saturated carbocycles. The molecule has 0 amide bonds. The topological polar surface area (TPSA) is 46.2 Å². The summed E-state index contributed by atoms with van der Waals surface area (Å²) in [6, 6.07) is 6.63. The fraction of sp³-hybridized carbons (Fsp3) is 0. The minimum Gasteiger partial charge on any atom is -0.359 e. The van der Waals surface area contributed by atoms with Crippen LogP contribution in [0.2, 0.25) is 0 Å². The van der Waals surface area contributed by atoms with Crippen molar-refractivity contribution in [2.24, 2.45) is 0 Å². The molecule has 1 aromatic carbocycles. The lowest BCUT2D eigenvalue weighted by Gasteiger charge is -2.14. The maximum Gasteiger partial charge on any atom is 0.220 e. The van der Waals surface area contributed by atoms with Gasteiger partial charge in [0.05, 0.1) is 10.6 Å². The first-order chi connectivity index (χ1) is 6.12. The second-order valence-corrected chi connectivity index (χ2v) is 5.11. The van der Waals surface area contributed by atoms with Crippen molar-refractivity contribution < 1.29 is 8.42 Å². The lowest BCUT2D eigenvalue weighted by molar-refractivity contribution is 0.603. The molecular formula is C8H6ClNO2S. The fourth-order valence-corrected chi connectivity index (χ4v) is 2.54. The monoisotopic (exact) mass is 215 g/mol. The van der Waals surface area contributed by atoms with Crippen LogP contribution in [0.15, 0.2) is 39.7 Å². The quantitative estimate of drug-likeness (QED) is 0.719.